The molecule has 114 valence electrons. The standard InChI is InChI=1S/C19H16N2OS/c1-3-21-12(2)17(14-10-11-23-19(14)21)18(22)16-9-8-13-6-4-5-7-15(13)20-16/h4-11H,3H2,1-2H3. The summed E-state index contributed by atoms with van der Waals surface area (Å²) in [6.07, 6.45) is 0. The zero-order valence-corrected chi connectivity index (χ0v) is 13.9. The third-order valence-electron chi connectivity index (χ3n) is 4.30. The van der Waals surface area contributed by atoms with E-state index in [0.717, 1.165) is 38.9 Å². The Morgan fingerprint density at radius 2 is 2.00 bits per heavy atom. The minimum Gasteiger partial charge on any atom is -0.336 e. The minimum absolute atomic E-state index is 0.00357. The van der Waals surface area contributed by atoms with Crippen LogP contribution in [-0.2, 0) is 6.54 Å². The van der Waals surface area contributed by atoms with Crippen molar-refractivity contribution in [3.8, 4) is 0 Å². The van der Waals surface area contributed by atoms with Gasteiger partial charge in [0, 0.05) is 23.0 Å². The number of benzene rings is 1. The molecule has 0 N–H and O–H groups in total. The van der Waals surface area contributed by atoms with Crippen LogP contribution in [0.3, 0.4) is 0 Å². The van der Waals surface area contributed by atoms with Gasteiger partial charge < -0.3 is 4.57 Å². The van der Waals surface area contributed by atoms with E-state index in [2.05, 4.69) is 16.5 Å². The smallest absolute Gasteiger partial charge is 0.213 e. The van der Waals surface area contributed by atoms with Gasteiger partial charge >= 0.3 is 0 Å². The minimum atomic E-state index is 0.00357. The molecule has 0 bridgehead atoms. The number of fused-ring (bicyclic) bond motifs is 2. The van der Waals surface area contributed by atoms with E-state index in [0.29, 0.717) is 5.69 Å². The third-order valence-corrected chi connectivity index (χ3v) is 5.24. The lowest BCUT2D eigenvalue weighted by molar-refractivity contribution is 0.103. The molecule has 0 amide bonds. The number of aromatic nitrogens is 2. The molecule has 3 aromatic heterocycles. The highest BCUT2D eigenvalue weighted by molar-refractivity contribution is 7.16. The number of carbonyl (C=O) groups excluding carboxylic acids is 1. The quantitative estimate of drug-likeness (QED) is 0.508. The number of pyridine rings is 1. The highest BCUT2D eigenvalue weighted by Crippen LogP contribution is 2.31. The summed E-state index contributed by atoms with van der Waals surface area (Å²) in [6, 6.07) is 13.7. The topological polar surface area (TPSA) is 34.9 Å². The molecule has 0 unspecified atom stereocenters. The molecule has 4 aromatic rings. The van der Waals surface area contributed by atoms with Gasteiger partial charge in [0.15, 0.2) is 0 Å². The summed E-state index contributed by atoms with van der Waals surface area (Å²) in [5.74, 6) is 0.00357. The Hall–Kier alpha value is -2.46. The van der Waals surface area contributed by atoms with Crippen LogP contribution in [0, 0.1) is 6.92 Å². The van der Waals surface area contributed by atoms with Crippen molar-refractivity contribution in [3.63, 3.8) is 0 Å². The number of hydrogen-bond acceptors (Lipinski definition) is 3. The van der Waals surface area contributed by atoms with Crippen molar-refractivity contribution in [2.24, 2.45) is 0 Å². The molecule has 3 nitrogen and oxygen atoms in total. The highest BCUT2D eigenvalue weighted by Gasteiger charge is 2.22. The SMILES string of the molecule is CCn1c(C)c(C(=O)c2ccc3ccccc3n2)c2ccsc21. The number of ketones is 1. The third kappa shape index (κ3) is 2.10. The van der Waals surface area contributed by atoms with Crippen LogP contribution in [0.5, 0.6) is 0 Å². The van der Waals surface area contributed by atoms with Gasteiger partial charge in [-0.25, -0.2) is 4.98 Å². The maximum Gasteiger partial charge on any atom is 0.213 e. The fraction of sp³-hybridized carbons (Fsp3) is 0.158. The molecule has 0 aliphatic carbocycles. The molecule has 0 saturated heterocycles. The van der Waals surface area contributed by atoms with E-state index >= 15 is 0 Å². The molecule has 4 rings (SSSR count). The van der Waals surface area contributed by atoms with E-state index in [9.17, 15) is 4.79 Å². The second kappa shape index (κ2) is 5.32. The first kappa shape index (κ1) is 14.2. The molecule has 3 heterocycles. The number of para-hydroxylation sites is 1. The lowest BCUT2D eigenvalue weighted by atomic mass is 10.0. The molecule has 4 heteroatoms. The van der Waals surface area contributed by atoms with Crippen LogP contribution in [0.25, 0.3) is 21.1 Å². The molecule has 0 radical (unpaired) electrons. The Balaban J connectivity index is 1.91. The van der Waals surface area contributed by atoms with E-state index in [1.807, 2.05) is 54.8 Å². The van der Waals surface area contributed by atoms with Gasteiger partial charge in [0.25, 0.3) is 0 Å². The molecular formula is C19H16N2OS. The van der Waals surface area contributed by atoms with Gasteiger partial charge in [0.2, 0.25) is 5.78 Å². The van der Waals surface area contributed by atoms with Crippen LogP contribution < -0.4 is 0 Å². The van der Waals surface area contributed by atoms with Crippen molar-refractivity contribution in [1.82, 2.24) is 9.55 Å². The molecule has 0 saturated carbocycles. The van der Waals surface area contributed by atoms with E-state index in [1.165, 1.54) is 0 Å². The van der Waals surface area contributed by atoms with Crippen molar-refractivity contribution in [2.75, 3.05) is 0 Å². The van der Waals surface area contributed by atoms with Gasteiger partial charge in [-0.1, -0.05) is 24.3 Å². The summed E-state index contributed by atoms with van der Waals surface area (Å²) >= 11 is 1.68. The van der Waals surface area contributed by atoms with Crippen molar-refractivity contribution in [2.45, 2.75) is 20.4 Å². The predicted octanol–water partition coefficient (Wildman–Crippen LogP) is 4.81. The van der Waals surface area contributed by atoms with Crippen LogP contribution in [-0.4, -0.2) is 15.3 Å². The number of aryl methyl sites for hydroxylation is 1. The van der Waals surface area contributed by atoms with E-state index in [4.69, 9.17) is 0 Å². The van der Waals surface area contributed by atoms with Crippen molar-refractivity contribution in [1.29, 1.82) is 0 Å². The highest BCUT2D eigenvalue weighted by atomic mass is 32.1. The average molecular weight is 320 g/mol. The Bertz CT molecular complexity index is 1040. The normalized spacial score (nSPS) is 11.4. The second-order valence-electron chi connectivity index (χ2n) is 5.56. The summed E-state index contributed by atoms with van der Waals surface area (Å²) in [6.45, 7) is 4.99. The van der Waals surface area contributed by atoms with Gasteiger partial charge in [-0.15, -0.1) is 11.3 Å². The van der Waals surface area contributed by atoms with E-state index < -0.39 is 0 Å². The number of thiophene rings is 1. The van der Waals surface area contributed by atoms with Gasteiger partial charge in [-0.2, -0.15) is 0 Å². The molecule has 0 atom stereocenters. The zero-order valence-electron chi connectivity index (χ0n) is 13.0. The second-order valence-corrected chi connectivity index (χ2v) is 6.46. The lowest BCUT2D eigenvalue weighted by Crippen LogP contribution is -2.07. The summed E-state index contributed by atoms with van der Waals surface area (Å²) in [4.78, 5) is 18.8. The number of carbonyl (C=O) groups is 1. The molecule has 0 spiro atoms. The van der Waals surface area contributed by atoms with Crippen molar-refractivity contribution in [3.05, 3.63) is 64.8 Å². The van der Waals surface area contributed by atoms with Crippen LogP contribution in [0.15, 0.2) is 47.8 Å². The maximum atomic E-state index is 13.1. The van der Waals surface area contributed by atoms with Crippen LogP contribution >= 0.6 is 11.3 Å². The van der Waals surface area contributed by atoms with E-state index in [1.54, 1.807) is 11.3 Å². The molecule has 23 heavy (non-hydrogen) atoms. The maximum absolute atomic E-state index is 13.1. The van der Waals surface area contributed by atoms with E-state index in [-0.39, 0.29) is 5.78 Å². The fourth-order valence-corrected chi connectivity index (χ4v) is 4.19. The van der Waals surface area contributed by atoms with Crippen LogP contribution in [0.4, 0.5) is 0 Å². The summed E-state index contributed by atoms with van der Waals surface area (Å²) in [7, 11) is 0. The van der Waals surface area contributed by atoms with Crippen LogP contribution in [0.1, 0.15) is 28.7 Å². The number of rotatable bonds is 3. The first-order valence-electron chi connectivity index (χ1n) is 7.67. The monoisotopic (exact) mass is 320 g/mol. The molecule has 1 aromatic carbocycles. The van der Waals surface area contributed by atoms with Gasteiger partial charge in [0.05, 0.1) is 11.1 Å². The van der Waals surface area contributed by atoms with Gasteiger partial charge in [0.1, 0.15) is 10.5 Å². The number of hydrogen-bond donors (Lipinski definition) is 0. The number of nitrogens with zero attached hydrogens (tertiary/aromatic N) is 2. The Morgan fingerprint density at radius 1 is 1.17 bits per heavy atom. The zero-order chi connectivity index (χ0) is 16.0. The summed E-state index contributed by atoms with van der Waals surface area (Å²) in [5, 5.41) is 4.13. The molecule has 0 fully saturated rings. The summed E-state index contributed by atoms with van der Waals surface area (Å²) < 4.78 is 2.20. The fourth-order valence-electron chi connectivity index (χ4n) is 3.17. The van der Waals surface area contributed by atoms with Crippen molar-refractivity contribution >= 4 is 38.2 Å². The first-order chi connectivity index (χ1) is 11.2. The Kier molecular flexibility index (Phi) is 3.27. The average Bonchev–Trinajstić information content (AvgIpc) is 3.13. The van der Waals surface area contributed by atoms with Crippen LogP contribution in [0.2, 0.25) is 0 Å². The molecule has 0 aliphatic heterocycles. The first-order valence-corrected chi connectivity index (χ1v) is 8.55. The predicted molar refractivity (Wildman–Crippen MR) is 95.4 cm³/mol. The molecular weight excluding hydrogens is 304 g/mol. The Labute approximate surface area is 138 Å². The van der Waals surface area contributed by atoms with Crippen molar-refractivity contribution < 1.29 is 4.79 Å². The van der Waals surface area contributed by atoms with Gasteiger partial charge in [-0.05, 0) is 37.4 Å². The molecule has 0 aliphatic rings. The largest absolute Gasteiger partial charge is 0.336 e. The lowest BCUT2D eigenvalue weighted by Gasteiger charge is -2.05. The summed E-state index contributed by atoms with van der Waals surface area (Å²) in [5.41, 5.74) is 3.17. The van der Waals surface area contributed by atoms with Gasteiger partial charge in [-0.3, -0.25) is 4.79 Å². The Morgan fingerprint density at radius 3 is 2.83 bits per heavy atom.